The van der Waals surface area contributed by atoms with Crippen molar-refractivity contribution in [1.82, 2.24) is 15.2 Å². The smallest absolute Gasteiger partial charge is 0.269 e. The highest BCUT2D eigenvalue weighted by Crippen LogP contribution is 2.37. The first-order valence-corrected chi connectivity index (χ1v) is 7.20. The summed E-state index contributed by atoms with van der Waals surface area (Å²) in [4.78, 5) is 16.5. The third kappa shape index (κ3) is 3.04. The van der Waals surface area contributed by atoms with E-state index < -0.39 is 0 Å². The maximum atomic E-state index is 11.8. The molecular formula is C15H25N3O2. The Morgan fingerprint density at radius 3 is 2.95 bits per heavy atom. The third-order valence-electron chi connectivity index (χ3n) is 4.37. The number of hydrogen-bond donors (Lipinski definition) is 3. The predicted molar refractivity (Wildman–Crippen MR) is 78.5 cm³/mol. The summed E-state index contributed by atoms with van der Waals surface area (Å²) in [6.07, 6.45) is 3.32. The second-order valence-corrected chi connectivity index (χ2v) is 6.23. The molecule has 1 aliphatic rings. The molecule has 1 fully saturated rings. The molecule has 5 heteroatoms. The molecule has 3 N–H and O–H groups in total. The van der Waals surface area contributed by atoms with E-state index in [9.17, 15) is 9.90 Å². The zero-order chi connectivity index (χ0) is 14.8. The molecule has 1 amide bonds. The maximum Gasteiger partial charge on any atom is 0.269 e. The van der Waals surface area contributed by atoms with Gasteiger partial charge >= 0.3 is 0 Å². The molecule has 0 saturated heterocycles. The number of rotatable bonds is 5. The summed E-state index contributed by atoms with van der Waals surface area (Å²) < 4.78 is 0. The summed E-state index contributed by atoms with van der Waals surface area (Å²) in [6, 6.07) is 4.09. The lowest BCUT2D eigenvalue weighted by Gasteiger charge is -2.30. The second-order valence-electron chi connectivity index (χ2n) is 6.23. The molecule has 112 valence electrons. The summed E-state index contributed by atoms with van der Waals surface area (Å²) in [5.41, 5.74) is 1.60. The van der Waals surface area contributed by atoms with Crippen molar-refractivity contribution in [1.29, 1.82) is 0 Å². The van der Waals surface area contributed by atoms with Gasteiger partial charge < -0.3 is 20.3 Å². The van der Waals surface area contributed by atoms with E-state index in [-0.39, 0.29) is 17.9 Å². The normalized spacial score (nSPS) is 25.9. The van der Waals surface area contributed by atoms with Crippen LogP contribution < -0.4 is 5.32 Å². The van der Waals surface area contributed by atoms with Gasteiger partial charge in [0.25, 0.3) is 5.91 Å². The lowest BCUT2D eigenvalue weighted by Crippen LogP contribution is -2.41. The van der Waals surface area contributed by atoms with Crippen molar-refractivity contribution in [2.24, 2.45) is 5.41 Å². The van der Waals surface area contributed by atoms with Crippen LogP contribution in [0, 0.1) is 5.41 Å². The molecule has 5 nitrogen and oxygen atoms in total. The second kappa shape index (κ2) is 5.97. The summed E-state index contributed by atoms with van der Waals surface area (Å²) in [7, 11) is 3.48. The van der Waals surface area contributed by atoms with Crippen LogP contribution in [0.25, 0.3) is 0 Å². The van der Waals surface area contributed by atoms with E-state index in [4.69, 9.17) is 0 Å². The van der Waals surface area contributed by atoms with Crippen LogP contribution >= 0.6 is 0 Å². The van der Waals surface area contributed by atoms with Crippen molar-refractivity contribution in [3.05, 3.63) is 23.5 Å². The highest BCUT2D eigenvalue weighted by atomic mass is 16.3. The molecule has 1 aromatic heterocycles. The fraction of sp³-hybridized carbons (Fsp3) is 0.667. The van der Waals surface area contributed by atoms with Gasteiger partial charge in [0.05, 0.1) is 0 Å². The Hall–Kier alpha value is -1.33. The van der Waals surface area contributed by atoms with Gasteiger partial charge in [0.2, 0.25) is 0 Å². The first-order valence-electron chi connectivity index (χ1n) is 7.20. The molecule has 1 aromatic rings. The molecule has 0 aliphatic heterocycles. The summed E-state index contributed by atoms with van der Waals surface area (Å²) in [5, 5.41) is 13.0. The Morgan fingerprint density at radius 1 is 1.55 bits per heavy atom. The molecule has 0 spiro atoms. The average molecular weight is 279 g/mol. The molecule has 20 heavy (non-hydrogen) atoms. The van der Waals surface area contributed by atoms with Gasteiger partial charge in [-0.05, 0) is 25.0 Å². The van der Waals surface area contributed by atoms with Crippen LogP contribution in [0.2, 0.25) is 0 Å². The van der Waals surface area contributed by atoms with Crippen molar-refractivity contribution in [2.75, 3.05) is 20.7 Å². The number of aliphatic hydroxyl groups is 1. The molecule has 2 atom stereocenters. The molecule has 0 bridgehead atoms. The van der Waals surface area contributed by atoms with Crippen LogP contribution in [0.15, 0.2) is 12.1 Å². The predicted octanol–water partition coefficient (Wildman–Crippen LogP) is 1.36. The van der Waals surface area contributed by atoms with Gasteiger partial charge in [0.15, 0.2) is 0 Å². The molecule has 2 unspecified atom stereocenters. The van der Waals surface area contributed by atoms with Gasteiger partial charge in [0.1, 0.15) is 5.69 Å². The summed E-state index contributed by atoms with van der Waals surface area (Å²) in [6.45, 7) is 3.05. The summed E-state index contributed by atoms with van der Waals surface area (Å²) in [5.74, 6) is -0.0164. The fourth-order valence-corrected chi connectivity index (χ4v) is 2.91. The quantitative estimate of drug-likeness (QED) is 0.762. The average Bonchev–Trinajstić information content (AvgIpc) is 3.03. The van der Waals surface area contributed by atoms with E-state index >= 15 is 0 Å². The lowest BCUT2D eigenvalue weighted by molar-refractivity contribution is 0.0822. The van der Waals surface area contributed by atoms with Crippen LogP contribution in [0.5, 0.6) is 0 Å². The molecule has 0 aromatic carbocycles. The van der Waals surface area contributed by atoms with Gasteiger partial charge in [-0.15, -0.1) is 0 Å². The van der Waals surface area contributed by atoms with E-state index in [2.05, 4.69) is 17.2 Å². The van der Waals surface area contributed by atoms with E-state index in [1.165, 1.54) is 0 Å². The number of aliphatic hydroxyl groups excluding tert-OH is 1. The lowest BCUT2D eigenvalue weighted by atomic mass is 9.86. The molecule has 1 aliphatic carbocycles. The van der Waals surface area contributed by atoms with Crippen molar-refractivity contribution >= 4 is 5.91 Å². The number of nitrogens with one attached hydrogen (secondary N) is 2. The zero-order valence-corrected chi connectivity index (χ0v) is 12.6. The molecule has 2 rings (SSSR count). The van der Waals surface area contributed by atoms with E-state index in [0.717, 1.165) is 25.0 Å². The highest BCUT2D eigenvalue weighted by molar-refractivity contribution is 5.92. The van der Waals surface area contributed by atoms with Gasteiger partial charge in [-0.25, -0.2) is 0 Å². The Balaban J connectivity index is 1.93. The highest BCUT2D eigenvalue weighted by Gasteiger charge is 2.37. The van der Waals surface area contributed by atoms with Crippen molar-refractivity contribution in [2.45, 2.75) is 38.8 Å². The molecule has 0 radical (unpaired) electrons. The summed E-state index contributed by atoms with van der Waals surface area (Å²) >= 11 is 0. The Bertz CT molecular complexity index is 469. The number of aromatic amines is 1. The number of nitrogens with zero attached hydrogens (tertiary/aromatic N) is 1. The first kappa shape index (κ1) is 15.1. The van der Waals surface area contributed by atoms with Crippen molar-refractivity contribution in [3.8, 4) is 0 Å². The van der Waals surface area contributed by atoms with Gasteiger partial charge in [-0.1, -0.05) is 13.3 Å². The molecule has 1 heterocycles. The fourth-order valence-electron chi connectivity index (χ4n) is 2.91. The van der Waals surface area contributed by atoms with E-state index in [1.807, 2.05) is 12.1 Å². The van der Waals surface area contributed by atoms with Gasteiger partial charge in [0, 0.05) is 44.4 Å². The van der Waals surface area contributed by atoms with Crippen molar-refractivity contribution < 1.29 is 9.90 Å². The van der Waals surface area contributed by atoms with Crippen molar-refractivity contribution in [3.63, 3.8) is 0 Å². The minimum absolute atomic E-state index is 0.0164. The monoisotopic (exact) mass is 279 g/mol. The van der Waals surface area contributed by atoms with E-state index in [0.29, 0.717) is 18.3 Å². The zero-order valence-electron chi connectivity index (χ0n) is 12.6. The largest absolute Gasteiger partial charge is 0.396 e. The number of carbonyl (C=O) groups is 1. The van der Waals surface area contributed by atoms with Gasteiger partial charge in [-0.2, -0.15) is 0 Å². The SMILES string of the molecule is CN(C)C(=O)c1ccc(CNC2CCCC2(C)CO)[nH]1. The third-order valence-corrected chi connectivity index (χ3v) is 4.37. The van der Waals surface area contributed by atoms with Crippen LogP contribution in [-0.4, -0.2) is 47.6 Å². The number of H-pyrrole nitrogens is 1. The topological polar surface area (TPSA) is 68.4 Å². The standard InChI is InChI=1S/C15H25N3O2/c1-15(10-19)8-4-5-13(15)16-9-11-6-7-12(17-11)14(20)18(2)3/h6-7,13,16-17,19H,4-5,8-10H2,1-3H3. The Morgan fingerprint density at radius 2 is 2.30 bits per heavy atom. The van der Waals surface area contributed by atoms with Crippen LogP contribution in [0.3, 0.4) is 0 Å². The Labute approximate surface area is 120 Å². The maximum absolute atomic E-state index is 11.8. The number of carbonyl (C=O) groups excluding carboxylic acids is 1. The minimum Gasteiger partial charge on any atom is -0.396 e. The van der Waals surface area contributed by atoms with Crippen LogP contribution in [0.1, 0.15) is 42.4 Å². The van der Waals surface area contributed by atoms with Crippen LogP contribution in [-0.2, 0) is 6.54 Å². The number of aromatic nitrogens is 1. The Kier molecular flexibility index (Phi) is 4.50. The van der Waals surface area contributed by atoms with E-state index in [1.54, 1.807) is 19.0 Å². The first-order chi connectivity index (χ1) is 9.46. The number of hydrogen-bond acceptors (Lipinski definition) is 3. The molecular weight excluding hydrogens is 254 g/mol. The number of amides is 1. The van der Waals surface area contributed by atoms with Crippen LogP contribution in [0.4, 0.5) is 0 Å². The minimum atomic E-state index is -0.0190. The van der Waals surface area contributed by atoms with Gasteiger partial charge in [-0.3, -0.25) is 4.79 Å². The molecule has 1 saturated carbocycles.